The smallest absolute Gasteiger partial charge is 0.174 e. The van der Waals surface area contributed by atoms with E-state index < -0.39 is 45.1 Å². The van der Waals surface area contributed by atoms with Gasteiger partial charge in [-0.15, -0.1) is 0 Å². The molecule has 0 saturated heterocycles. The molecular weight excluding hydrogens is 505 g/mol. The van der Waals surface area contributed by atoms with Gasteiger partial charge in [-0.1, -0.05) is 108 Å². The fraction of sp³-hybridized carbons (Fsp3) is 0.652. The van der Waals surface area contributed by atoms with E-state index in [2.05, 4.69) is 134 Å². The maximum Gasteiger partial charge on any atom is 0.174 e. The molecule has 0 bridgehead atoms. The van der Waals surface area contributed by atoms with E-state index in [1.165, 1.54) is 5.56 Å². The van der Waals surface area contributed by atoms with Crippen molar-refractivity contribution < 1.29 is 8.85 Å². The summed E-state index contributed by atoms with van der Waals surface area (Å²) in [5.74, 6) is -0.0791. The Morgan fingerprint density at radius 1 is 0.625 bits per heavy atom. The van der Waals surface area contributed by atoms with Crippen molar-refractivity contribution in [3.8, 4) is 0 Å². The lowest BCUT2D eigenvalue weighted by Gasteiger charge is -2.50. The molecule has 9 heteroatoms. The average Bonchev–Trinajstić information content (AvgIpc) is 2.59. The molecule has 182 valence electrons. The molecule has 2 radical (unpaired) electrons. The van der Waals surface area contributed by atoms with Crippen molar-refractivity contribution in [2.45, 2.75) is 97.6 Å². The Morgan fingerprint density at radius 2 is 1.00 bits per heavy atom. The number of benzene rings is 1. The van der Waals surface area contributed by atoms with Gasteiger partial charge in [0.25, 0.3) is 0 Å². The molecule has 0 fully saturated rings. The van der Waals surface area contributed by atoms with Crippen molar-refractivity contribution in [3.05, 3.63) is 41.6 Å². The van der Waals surface area contributed by atoms with Gasteiger partial charge < -0.3 is 8.85 Å². The number of rotatable bonds is 11. The predicted molar refractivity (Wildman–Crippen MR) is 164 cm³/mol. The zero-order chi connectivity index (χ0) is 25.2. The van der Waals surface area contributed by atoms with Crippen LogP contribution in [-0.2, 0) is 8.85 Å². The lowest BCUT2D eigenvalue weighted by Crippen LogP contribution is -2.73. The van der Waals surface area contributed by atoms with Gasteiger partial charge >= 0.3 is 0 Å². The third kappa shape index (κ3) is 7.20. The van der Waals surface area contributed by atoms with Crippen LogP contribution in [0.3, 0.4) is 0 Å². The lowest BCUT2D eigenvalue weighted by atomic mass is 10.2. The summed E-state index contributed by atoms with van der Waals surface area (Å²) in [7, 11) is -8.65. The molecule has 0 spiro atoms. The van der Waals surface area contributed by atoms with Crippen molar-refractivity contribution in [1.29, 1.82) is 0 Å². The van der Waals surface area contributed by atoms with E-state index >= 15 is 0 Å². The van der Waals surface area contributed by atoms with Gasteiger partial charge in [0.1, 0.15) is 15.4 Å². The van der Waals surface area contributed by atoms with Crippen LogP contribution in [0.4, 0.5) is 0 Å². The maximum atomic E-state index is 7.16. The second-order valence-electron chi connectivity index (χ2n) is 13.2. The fourth-order valence-corrected chi connectivity index (χ4v) is 59.3. The highest BCUT2D eigenvalue weighted by atomic mass is 29.7. The molecule has 0 N–H and O–H groups in total. The van der Waals surface area contributed by atoms with Crippen LogP contribution in [0.25, 0.3) is 6.08 Å². The highest BCUT2D eigenvalue weighted by Crippen LogP contribution is 2.34. The minimum absolute atomic E-state index is 0.0791. The minimum Gasteiger partial charge on any atom is -0.400 e. The third-order valence-electron chi connectivity index (χ3n) is 8.87. The van der Waals surface area contributed by atoms with Gasteiger partial charge in [-0.05, 0) is 31.8 Å². The van der Waals surface area contributed by atoms with Crippen LogP contribution in [0.2, 0.25) is 91.7 Å². The second kappa shape index (κ2) is 10.6. The van der Waals surface area contributed by atoms with Gasteiger partial charge in [0.05, 0.1) is 14.2 Å². The standard InChI is InChI=1S/C23H50O2Si7/c1-27(2,3)31(11,12)29(7,8)24-23(26-21-20-22-18-16-15-17-19-22)25-30(9,10)32(13,14)28(4,5)6/h15-21,23H,1-14H3. The summed E-state index contributed by atoms with van der Waals surface area (Å²) < 4.78 is 14.3. The normalized spacial score (nSPS) is 15.1. The quantitative estimate of drug-likeness (QED) is 0.208. The van der Waals surface area contributed by atoms with Gasteiger partial charge in [-0.2, -0.15) is 0 Å². The first-order valence-corrected chi connectivity index (χ1v) is 36.0. The van der Waals surface area contributed by atoms with Crippen LogP contribution in [0.5, 0.6) is 0 Å². The molecule has 0 aliphatic heterocycles. The topological polar surface area (TPSA) is 18.5 Å². The molecule has 2 nitrogen and oxygen atoms in total. The molecule has 1 aromatic carbocycles. The van der Waals surface area contributed by atoms with Gasteiger partial charge in [0.2, 0.25) is 0 Å². The molecule has 0 aliphatic rings. The van der Waals surface area contributed by atoms with E-state index in [0.717, 1.165) is 0 Å². The second-order valence-corrected chi connectivity index (χ2v) is 70.6. The van der Waals surface area contributed by atoms with Crippen LogP contribution >= 0.6 is 0 Å². The van der Waals surface area contributed by atoms with Crippen LogP contribution in [0.1, 0.15) is 5.56 Å². The highest BCUT2D eigenvalue weighted by Gasteiger charge is 2.55. The molecule has 1 rings (SSSR count). The Bertz CT molecular complexity index is 721. The summed E-state index contributed by atoms with van der Waals surface area (Å²) in [6.07, 6.45) is 2.24. The zero-order valence-electron chi connectivity index (χ0n) is 23.4. The van der Waals surface area contributed by atoms with Crippen molar-refractivity contribution in [2.24, 2.45) is 0 Å². The van der Waals surface area contributed by atoms with Crippen LogP contribution in [0.15, 0.2) is 36.0 Å². The molecule has 0 aromatic heterocycles. The Hall–Kier alpha value is 0.398. The fourth-order valence-electron chi connectivity index (χ4n) is 3.52. The number of hydrogen-bond donors (Lipinski definition) is 0. The average molecular weight is 555 g/mol. The Balaban J connectivity index is 3.25. The highest BCUT2D eigenvalue weighted by molar-refractivity contribution is 7.67. The van der Waals surface area contributed by atoms with E-state index in [1.54, 1.807) is 0 Å². The van der Waals surface area contributed by atoms with E-state index in [4.69, 9.17) is 8.85 Å². The van der Waals surface area contributed by atoms with Crippen LogP contribution < -0.4 is 0 Å². The molecular formula is C23H50O2Si7. The van der Waals surface area contributed by atoms with Crippen LogP contribution in [0, 0.1) is 0 Å². The Kier molecular flexibility index (Phi) is 10.0. The largest absolute Gasteiger partial charge is 0.400 e. The number of hydrogen-bond acceptors (Lipinski definition) is 2. The van der Waals surface area contributed by atoms with Crippen molar-refractivity contribution in [3.63, 3.8) is 0 Å². The molecule has 0 saturated carbocycles. The zero-order valence-corrected chi connectivity index (χ0v) is 30.4. The van der Waals surface area contributed by atoms with E-state index in [1.807, 2.05) is 0 Å². The summed E-state index contributed by atoms with van der Waals surface area (Å²) in [4.78, 5) is 0. The summed E-state index contributed by atoms with van der Waals surface area (Å²) in [6.45, 7) is 35.6. The Labute approximate surface area is 207 Å². The van der Waals surface area contributed by atoms with Crippen LogP contribution in [-0.4, -0.2) is 60.5 Å². The van der Waals surface area contributed by atoms with Gasteiger partial charge in [0.15, 0.2) is 15.7 Å². The monoisotopic (exact) mass is 554 g/mol. The predicted octanol–water partition coefficient (Wildman–Crippen LogP) is 7.50. The molecule has 1 aromatic rings. The molecule has 0 unspecified atom stereocenters. The minimum atomic E-state index is -1.87. The van der Waals surface area contributed by atoms with Crippen molar-refractivity contribution in [2.75, 3.05) is 0 Å². The lowest BCUT2D eigenvalue weighted by molar-refractivity contribution is 0.0673. The summed E-state index contributed by atoms with van der Waals surface area (Å²) >= 11 is 0. The molecule has 0 amide bonds. The first-order valence-electron chi connectivity index (χ1n) is 12.0. The summed E-state index contributed by atoms with van der Waals surface area (Å²) in [5, 5.41) is 0. The van der Waals surface area contributed by atoms with Crippen molar-refractivity contribution >= 4 is 60.7 Å². The Morgan fingerprint density at radius 3 is 1.34 bits per heavy atom. The van der Waals surface area contributed by atoms with Gasteiger partial charge in [-0.3, -0.25) is 0 Å². The molecule has 0 aliphatic carbocycles. The summed E-state index contributed by atoms with van der Waals surface area (Å²) in [5.41, 5.74) is 3.56. The SMILES string of the molecule is C[Si](C)(C)[Si](C)(C)[Si](C)(C)OC(O[Si](C)(C)[Si](C)(C)[Si](C)(C)C)[Si]C=Cc1ccccc1. The molecule has 32 heavy (non-hydrogen) atoms. The first kappa shape index (κ1) is 30.4. The van der Waals surface area contributed by atoms with Gasteiger partial charge in [-0.25, -0.2) is 0 Å². The van der Waals surface area contributed by atoms with E-state index in [9.17, 15) is 0 Å². The maximum absolute atomic E-state index is 7.16. The van der Waals surface area contributed by atoms with Gasteiger partial charge in [0, 0.05) is 15.2 Å². The van der Waals surface area contributed by atoms with Crippen molar-refractivity contribution in [1.82, 2.24) is 0 Å². The third-order valence-corrected chi connectivity index (χ3v) is 90.9. The van der Waals surface area contributed by atoms with E-state index in [-0.39, 0.29) is 5.91 Å². The van der Waals surface area contributed by atoms with E-state index in [0.29, 0.717) is 9.52 Å². The molecule has 0 heterocycles. The first-order chi connectivity index (χ1) is 14.2. The molecule has 0 atom stereocenters. The summed E-state index contributed by atoms with van der Waals surface area (Å²) in [6, 6.07) is 10.6.